The number of rotatable bonds is 5. The Morgan fingerprint density at radius 1 is 1.27 bits per heavy atom. The van der Waals surface area contributed by atoms with Crippen molar-refractivity contribution in [1.82, 2.24) is 0 Å². The molecular weight excluding hydrogens is 432 g/mol. The summed E-state index contributed by atoms with van der Waals surface area (Å²) in [6, 6.07) is 9.29. The van der Waals surface area contributed by atoms with E-state index in [4.69, 9.17) is 21.1 Å². The Kier molecular flexibility index (Phi) is 6.23. The quantitative estimate of drug-likeness (QED) is 0.700. The number of ether oxygens (including phenoxy) is 2. The zero-order chi connectivity index (χ0) is 22.1. The zero-order valence-electron chi connectivity index (χ0n) is 16.6. The molecule has 0 fully saturated rings. The number of carbonyl (C=O) groups is 2. The average molecular weight is 453 g/mol. The van der Waals surface area contributed by atoms with E-state index >= 15 is 0 Å². The molecule has 30 heavy (non-hydrogen) atoms. The van der Waals surface area contributed by atoms with Gasteiger partial charge in [-0.1, -0.05) is 11.6 Å². The van der Waals surface area contributed by atoms with Crippen LogP contribution in [0.1, 0.15) is 22.8 Å². The Morgan fingerprint density at radius 3 is 2.63 bits per heavy atom. The van der Waals surface area contributed by atoms with E-state index in [0.29, 0.717) is 21.8 Å². The van der Waals surface area contributed by atoms with E-state index < -0.39 is 28.0 Å². The standard InChI is InChI=1S/C20H21ClN2O6S/c1-4-28-20(25)13-5-7-15(12(2)9-13)22-19(24)18-11-23(30(3,26)27)16-10-14(21)6-8-17(16)29-18/h5-10,18H,4,11H2,1-3H3,(H,22,24)/t18-/m1/s1. The van der Waals surface area contributed by atoms with Crippen molar-refractivity contribution in [2.45, 2.75) is 20.0 Å². The van der Waals surface area contributed by atoms with Crippen molar-refractivity contribution in [1.29, 1.82) is 0 Å². The van der Waals surface area contributed by atoms with Crippen molar-refractivity contribution >= 4 is 44.9 Å². The number of anilines is 2. The van der Waals surface area contributed by atoms with Crippen LogP contribution in [-0.4, -0.2) is 45.8 Å². The lowest BCUT2D eigenvalue weighted by Crippen LogP contribution is -2.48. The van der Waals surface area contributed by atoms with Crippen molar-refractivity contribution in [3.05, 3.63) is 52.5 Å². The predicted molar refractivity (Wildman–Crippen MR) is 114 cm³/mol. The normalized spacial score (nSPS) is 15.7. The molecular formula is C20H21ClN2O6S. The van der Waals surface area contributed by atoms with Gasteiger partial charge in [-0.25, -0.2) is 13.2 Å². The first-order valence-corrected chi connectivity index (χ1v) is 11.4. The Balaban J connectivity index is 1.82. The van der Waals surface area contributed by atoms with Crippen LogP contribution >= 0.6 is 11.6 Å². The second-order valence-electron chi connectivity index (χ2n) is 6.75. The molecule has 1 amide bonds. The number of benzene rings is 2. The number of sulfonamides is 1. The van der Waals surface area contributed by atoms with Gasteiger partial charge in [0.2, 0.25) is 10.0 Å². The summed E-state index contributed by atoms with van der Waals surface area (Å²) in [5, 5.41) is 3.08. The molecule has 160 valence electrons. The Labute approximate surface area is 179 Å². The number of hydrogen-bond acceptors (Lipinski definition) is 6. The van der Waals surface area contributed by atoms with E-state index in [9.17, 15) is 18.0 Å². The molecule has 1 heterocycles. The Hall–Kier alpha value is -2.78. The van der Waals surface area contributed by atoms with E-state index in [1.54, 1.807) is 38.1 Å². The molecule has 1 aliphatic rings. The average Bonchev–Trinajstić information content (AvgIpc) is 2.68. The predicted octanol–water partition coefficient (Wildman–Crippen LogP) is 2.99. The molecule has 3 rings (SSSR count). The molecule has 10 heteroatoms. The van der Waals surface area contributed by atoms with Crippen molar-refractivity contribution in [2.24, 2.45) is 0 Å². The van der Waals surface area contributed by atoms with Gasteiger partial charge in [0.05, 0.1) is 30.7 Å². The number of nitrogens with zero attached hydrogens (tertiary/aromatic N) is 1. The number of nitrogens with one attached hydrogen (secondary N) is 1. The van der Waals surface area contributed by atoms with Crippen LogP contribution in [0.2, 0.25) is 5.02 Å². The molecule has 0 aliphatic carbocycles. The molecule has 1 aliphatic heterocycles. The fourth-order valence-corrected chi connectivity index (χ4v) is 4.11. The molecule has 0 saturated carbocycles. The van der Waals surface area contributed by atoms with Crippen molar-refractivity contribution < 1.29 is 27.5 Å². The molecule has 1 atom stereocenters. The second kappa shape index (κ2) is 8.53. The van der Waals surface area contributed by atoms with Crippen LogP contribution in [0.5, 0.6) is 5.75 Å². The number of amides is 1. The van der Waals surface area contributed by atoms with Crippen LogP contribution in [0.25, 0.3) is 0 Å². The van der Waals surface area contributed by atoms with Gasteiger partial charge in [0.25, 0.3) is 5.91 Å². The molecule has 0 spiro atoms. The highest BCUT2D eigenvalue weighted by Gasteiger charge is 2.35. The van der Waals surface area contributed by atoms with Gasteiger partial charge in [0, 0.05) is 10.7 Å². The maximum absolute atomic E-state index is 12.8. The first-order valence-electron chi connectivity index (χ1n) is 9.12. The third-order valence-electron chi connectivity index (χ3n) is 4.48. The van der Waals surface area contributed by atoms with Crippen LogP contribution < -0.4 is 14.4 Å². The lowest BCUT2D eigenvalue weighted by atomic mass is 10.1. The fourth-order valence-electron chi connectivity index (χ4n) is 3.03. The number of fused-ring (bicyclic) bond motifs is 1. The minimum atomic E-state index is -3.66. The van der Waals surface area contributed by atoms with Gasteiger partial charge >= 0.3 is 5.97 Å². The van der Waals surface area contributed by atoms with Gasteiger partial charge in [0.15, 0.2) is 6.10 Å². The van der Waals surface area contributed by atoms with Gasteiger partial charge in [-0.05, 0) is 55.8 Å². The van der Waals surface area contributed by atoms with E-state index in [2.05, 4.69) is 5.32 Å². The summed E-state index contributed by atoms with van der Waals surface area (Å²) >= 11 is 5.98. The van der Waals surface area contributed by atoms with Crippen LogP contribution in [0.15, 0.2) is 36.4 Å². The summed E-state index contributed by atoms with van der Waals surface area (Å²) in [7, 11) is -3.66. The lowest BCUT2D eigenvalue weighted by Gasteiger charge is -2.34. The number of aryl methyl sites for hydroxylation is 1. The smallest absolute Gasteiger partial charge is 0.338 e. The number of halogens is 1. The molecule has 0 unspecified atom stereocenters. The summed E-state index contributed by atoms with van der Waals surface area (Å²) in [5.41, 5.74) is 1.78. The largest absolute Gasteiger partial charge is 0.476 e. The second-order valence-corrected chi connectivity index (χ2v) is 9.10. The summed E-state index contributed by atoms with van der Waals surface area (Å²) in [6.07, 6.45) is -0.0199. The van der Waals surface area contributed by atoms with Gasteiger partial charge in [0.1, 0.15) is 5.75 Å². The summed E-state index contributed by atoms with van der Waals surface area (Å²) < 4.78 is 36.3. The lowest BCUT2D eigenvalue weighted by molar-refractivity contribution is -0.122. The highest BCUT2D eigenvalue weighted by Crippen LogP contribution is 2.37. The van der Waals surface area contributed by atoms with E-state index in [1.165, 1.54) is 12.1 Å². The van der Waals surface area contributed by atoms with E-state index in [-0.39, 0.29) is 24.6 Å². The maximum Gasteiger partial charge on any atom is 0.338 e. The minimum absolute atomic E-state index is 0.196. The van der Waals surface area contributed by atoms with E-state index in [0.717, 1.165) is 10.6 Å². The highest BCUT2D eigenvalue weighted by atomic mass is 35.5. The van der Waals surface area contributed by atoms with Crippen LogP contribution in [0, 0.1) is 6.92 Å². The van der Waals surface area contributed by atoms with Gasteiger partial charge in [-0.2, -0.15) is 0 Å². The molecule has 1 N–H and O–H groups in total. The number of esters is 1. The Bertz CT molecular complexity index is 1100. The van der Waals surface area contributed by atoms with Gasteiger partial charge < -0.3 is 14.8 Å². The van der Waals surface area contributed by atoms with Crippen molar-refractivity contribution in [2.75, 3.05) is 29.0 Å². The van der Waals surface area contributed by atoms with Gasteiger partial charge in [-0.3, -0.25) is 9.10 Å². The molecule has 0 aromatic heterocycles. The Morgan fingerprint density at radius 2 is 2.00 bits per heavy atom. The van der Waals surface area contributed by atoms with E-state index in [1.807, 2.05) is 0 Å². The SMILES string of the molecule is CCOC(=O)c1ccc(NC(=O)[C@H]2CN(S(C)(=O)=O)c3cc(Cl)ccc3O2)c(C)c1. The fraction of sp³-hybridized carbons (Fsp3) is 0.300. The van der Waals surface area contributed by atoms with Gasteiger partial charge in [-0.15, -0.1) is 0 Å². The van der Waals surface area contributed by atoms with Crippen LogP contribution in [-0.2, 0) is 19.6 Å². The molecule has 2 aromatic carbocycles. The molecule has 2 aromatic rings. The summed E-state index contributed by atoms with van der Waals surface area (Å²) in [6.45, 7) is 3.52. The minimum Gasteiger partial charge on any atom is -0.476 e. The first-order chi connectivity index (χ1) is 14.1. The number of hydrogen-bond donors (Lipinski definition) is 1. The molecule has 0 saturated heterocycles. The maximum atomic E-state index is 12.8. The third-order valence-corrected chi connectivity index (χ3v) is 5.86. The van der Waals surface area contributed by atoms with Crippen LogP contribution in [0.4, 0.5) is 11.4 Å². The number of carbonyl (C=O) groups excluding carboxylic acids is 2. The molecule has 8 nitrogen and oxygen atoms in total. The summed E-state index contributed by atoms with van der Waals surface area (Å²) in [5.74, 6) is -0.727. The van der Waals surface area contributed by atoms with Crippen LogP contribution in [0.3, 0.4) is 0 Å². The summed E-state index contributed by atoms with van der Waals surface area (Å²) in [4.78, 5) is 24.7. The topological polar surface area (TPSA) is 102 Å². The zero-order valence-corrected chi connectivity index (χ0v) is 18.2. The third kappa shape index (κ3) is 4.68. The molecule has 0 radical (unpaired) electrons. The van der Waals surface area contributed by atoms with Crippen molar-refractivity contribution in [3.63, 3.8) is 0 Å². The first kappa shape index (κ1) is 21.9. The monoisotopic (exact) mass is 452 g/mol. The highest BCUT2D eigenvalue weighted by molar-refractivity contribution is 7.92. The van der Waals surface area contributed by atoms with Crippen molar-refractivity contribution in [3.8, 4) is 5.75 Å². The molecule has 0 bridgehead atoms.